The zero-order valence-electron chi connectivity index (χ0n) is 16.1. The lowest BCUT2D eigenvalue weighted by molar-refractivity contribution is -0.125. The van der Waals surface area contributed by atoms with E-state index in [0.717, 1.165) is 43.4 Å². The second-order valence-electron chi connectivity index (χ2n) is 6.77. The standard InChI is InChI=1S/C20H26N4O3S/c1-15-2-4-16(5-3-15)20-23-17(14-28-20)12-18(25)22-13-19(26)21-6-7-24-8-10-27-11-9-24/h2-5,14H,6-13H2,1H3,(H,21,26)(H,22,25). The van der Waals surface area contributed by atoms with Crippen LogP contribution in [-0.4, -0.2) is 67.6 Å². The zero-order valence-corrected chi connectivity index (χ0v) is 16.9. The Labute approximate surface area is 169 Å². The summed E-state index contributed by atoms with van der Waals surface area (Å²) in [4.78, 5) is 30.7. The third-order valence-electron chi connectivity index (χ3n) is 4.49. The molecule has 1 aliphatic heterocycles. The summed E-state index contributed by atoms with van der Waals surface area (Å²) in [6.07, 6.45) is 0.170. The number of carbonyl (C=O) groups excluding carboxylic acids is 2. The monoisotopic (exact) mass is 402 g/mol. The van der Waals surface area contributed by atoms with Crippen molar-refractivity contribution in [2.75, 3.05) is 45.9 Å². The highest BCUT2D eigenvalue weighted by molar-refractivity contribution is 7.13. The van der Waals surface area contributed by atoms with Crippen molar-refractivity contribution in [3.8, 4) is 10.6 Å². The lowest BCUT2D eigenvalue weighted by Gasteiger charge is -2.26. The van der Waals surface area contributed by atoms with Crippen LogP contribution >= 0.6 is 11.3 Å². The summed E-state index contributed by atoms with van der Waals surface area (Å²) >= 11 is 1.52. The fraction of sp³-hybridized carbons (Fsp3) is 0.450. The molecule has 1 aliphatic rings. The van der Waals surface area contributed by atoms with Crippen LogP contribution in [0.25, 0.3) is 10.6 Å². The molecular weight excluding hydrogens is 376 g/mol. The van der Waals surface area contributed by atoms with Gasteiger partial charge in [0.2, 0.25) is 11.8 Å². The third-order valence-corrected chi connectivity index (χ3v) is 5.43. The Morgan fingerprint density at radius 1 is 1.14 bits per heavy atom. The molecule has 1 aromatic carbocycles. The average Bonchev–Trinajstić information content (AvgIpc) is 3.16. The molecule has 7 nitrogen and oxygen atoms in total. The summed E-state index contributed by atoms with van der Waals surface area (Å²) in [5.41, 5.74) is 2.95. The Bertz CT molecular complexity index is 785. The summed E-state index contributed by atoms with van der Waals surface area (Å²) in [5.74, 6) is -0.385. The third kappa shape index (κ3) is 6.40. The second kappa shape index (κ2) is 10.3. The van der Waals surface area contributed by atoms with Crippen molar-refractivity contribution in [3.05, 3.63) is 40.9 Å². The van der Waals surface area contributed by atoms with Gasteiger partial charge in [-0.05, 0) is 6.92 Å². The molecule has 0 atom stereocenters. The molecule has 0 radical (unpaired) electrons. The number of hydrogen-bond donors (Lipinski definition) is 2. The quantitative estimate of drug-likeness (QED) is 0.694. The van der Waals surface area contributed by atoms with Gasteiger partial charge in [-0.3, -0.25) is 14.5 Å². The molecule has 0 unspecified atom stereocenters. The molecule has 1 fully saturated rings. The van der Waals surface area contributed by atoms with Gasteiger partial charge in [0, 0.05) is 37.1 Å². The highest BCUT2D eigenvalue weighted by Gasteiger charge is 2.12. The van der Waals surface area contributed by atoms with E-state index in [0.29, 0.717) is 12.2 Å². The van der Waals surface area contributed by atoms with Crippen molar-refractivity contribution in [3.63, 3.8) is 0 Å². The maximum atomic E-state index is 12.1. The van der Waals surface area contributed by atoms with Gasteiger partial charge in [-0.1, -0.05) is 29.8 Å². The second-order valence-corrected chi connectivity index (χ2v) is 7.63. The Hall–Kier alpha value is -2.29. The minimum absolute atomic E-state index is 0.0170. The number of morpholine rings is 1. The summed E-state index contributed by atoms with van der Waals surface area (Å²) in [7, 11) is 0. The molecule has 0 saturated carbocycles. The van der Waals surface area contributed by atoms with E-state index in [1.165, 1.54) is 16.9 Å². The van der Waals surface area contributed by atoms with Gasteiger partial charge in [-0.25, -0.2) is 4.98 Å². The fourth-order valence-electron chi connectivity index (χ4n) is 2.86. The molecule has 1 aromatic heterocycles. The number of aryl methyl sites for hydroxylation is 1. The molecule has 2 N–H and O–H groups in total. The number of aromatic nitrogens is 1. The van der Waals surface area contributed by atoms with Crippen molar-refractivity contribution < 1.29 is 14.3 Å². The van der Waals surface area contributed by atoms with E-state index in [-0.39, 0.29) is 24.8 Å². The van der Waals surface area contributed by atoms with Gasteiger partial charge >= 0.3 is 0 Å². The normalized spacial score (nSPS) is 14.6. The number of thiazole rings is 1. The summed E-state index contributed by atoms with van der Waals surface area (Å²) in [5, 5.41) is 8.26. The van der Waals surface area contributed by atoms with E-state index < -0.39 is 0 Å². The summed E-state index contributed by atoms with van der Waals surface area (Å²) in [6.45, 7) is 6.66. The largest absolute Gasteiger partial charge is 0.379 e. The Kier molecular flexibility index (Phi) is 7.53. The van der Waals surface area contributed by atoms with Crippen LogP contribution in [0.3, 0.4) is 0 Å². The molecule has 8 heteroatoms. The van der Waals surface area contributed by atoms with Crippen LogP contribution in [0.5, 0.6) is 0 Å². The van der Waals surface area contributed by atoms with Crippen molar-refractivity contribution in [1.82, 2.24) is 20.5 Å². The SMILES string of the molecule is Cc1ccc(-c2nc(CC(=O)NCC(=O)NCCN3CCOCC3)cs2)cc1. The number of ether oxygens (including phenoxy) is 1. The fourth-order valence-corrected chi connectivity index (χ4v) is 3.69. The van der Waals surface area contributed by atoms with Crippen molar-refractivity contribution in [2.45, 2.75) is 13.3 Å². The molecule has 2 amide bonds. The Morgan fingerprint density at radius 2 is 1.89 bits per heavy atom. The number of nitrogens with zero attached hydrogens (tertiary/aromatic N) is 2. The topological polar surface area (TPSA) is 83.6 Å². The first kappa shape index (κ1) is 20.4. The van der Waals surface area contributed by atoms with Crippen LogP contribution in [0.1, 0.15) is 11.3 Å². The van der Waals surface area contributed by atoms with Crippen molar-refractivity contribution in [1.29, 1.82) is 0 Å². The van der Waals surface area contributed by atoms with Crippen LogP contribution in [0.15, 0.2) is 29.6 Å². The first-order chi connectivity index (χ1) is 13.6. The van der Waals surface area contributed by atoms with Crippen LogP contribution in [-0.2, 0) is 20.7 Å². The molecule has 3 rings (SSSR count). The van der Waals surface area contributed by atoms with Gasteiger partial charge in [0.1, 0.15) is 5.01 Å². The van der Waals surface area contributed by atoms with Crippen molar-refractivity contribution in [2.24, 2.45) is 0 Å². The van der Waals surface area contributed by atoms with Crippen molar-refractivity contribution >= 4 is 23.2 Å². The maximum absolute atomic E-state index is 12.1. The lowest BCUT2D eigenvalue weighted by Crippen LogP contribution is -2.43. The number of nitrogens with one attached hydrogen (secondary N) is 2. The van der Waals surface area contributed by atoms with E-state index in [1.54, 1.807) is 0 Å². The number of amides is 2. The van der Waals surface area contributed by atoms with Crippen LogP contribution in [0, 0.1) is 6.92 Å². The Morgan fingerprint density at radius 3 is 2.64 bits per heavy atom. The zero-order chi connectivity index (χ0) is 19.8. The molecule has 0 bridgehead atoms. The van der Waals surface area contributed by atoms with E-state index in [9.17, 15) is 9.59 Å². The predicted molar refractivity (Wildman–Crippen MR) is 109 cm³/mol. The van der Waals surface area contributed by atoms with E-state index in [2.05, 4.69) is 20.5 Å². The van der Waals surface area contributed by atoms with Gasteiger partial charge in [-0.2, -0.15) is 0 Å². The summed E-state index contributed by atoms with van der Waals surface area (Å²) < 4.78 is 5.29. The average molecular weight is 403 g/mol. The van der Waals surface area contributed by atoms with Gasteiger partial charge in [0.25, 0.3) is 0 Å². The molecule has 150 valence electrons. The van der Waals surface area contributed by atoms with E-state index >= 15 is 0 Å². The molecule has 2 heterocycles. The highest BCUT2D eigenvalue weighted by atomic mass is 32.1. The van der Waals surface area contributed by atoms with Gasteiger partial charge in [0.05, 0.1) is 31.9 Å². The smallest absolute Gasteiger partial charge is 0.239 e. The number of hydrogen-bond acceptors (Lipinski definition) is 6. The lowest BCUT2D eigenvalue weighted by atomic mass is 10.2. The molecular formula is C20H26N4O3S. The van der Waals surface area contributed by atoms with Gasteiger partial charge < -0.3 is 15.4 Å². The molecule has 28 heavy (non-hydrogen) atoms. The van der Waals surface area contributed by atoms with E-state index in [4.69, 9.17) is 4.74 Å². The van der Waals surface area contributed by atoms with Crippen LogP contribution in [0.2, 0.25) is 0 Å². The number of carbonyl (C=O) groups is 2. The molecule has 1 saturated heterocycles. The van der Waals surface area contributed by atoms with E-state index in [1.807, 2.05) is 36.6 Å². The molecule has 0 aliphatic carbocycles. The minimum Gasteiger partial charge on any atom is -0.379 e. The first-order valence-corrected chi connectivity index (χ1v) is 10.3. The van der Waals surface area contributed by atoms with Gasteiger partial charge in [-0.15, -0.1) is 11.3 Å². The highest BCUT2D eigenvalue weighted by Crippen LogP contribution is 2.24. The van der Waals surface area contributed by atoms with Crippen LogP contribution in [0.4, 0.5) is 0 Å². The predicted octanol–water partition coefficient (Wildman–Crippen LogP) is 1.23. The summed E-state index contributed by atoms with van der Waals surface area (Å²) in [6, 6.07) is 8.14. The van der Waals surface area contributed by atoms with Crippen LogP contribution < -0.4 is 10.6 Å². The minimum atomic E-state index is -0.205. The molecule has 2 aromatic rings. The maximum Gasteiger partial charge on any atom is 0.239 e. The number of benzene rings is 1. The number of rotatable bonds is 8. The Balaban J connectivity index is 1.36. The molecule has 0 spiro atoms. The van der Waals surface area contributed by atoms with Gasteiger partial charge in [0.15, 0.2) is 0 Å². The first-order valence-electron chi connectivity index (χ1n) is 9.45.